The fourth-order valence-electron chi connectivity index (χ4n) is 6.12. The van der Waals surface area contributed by atoms with E-state index in [1.54, 1.807) is 23.7 Å². The molecule has 10 heteroatoms. The average Bonchev–Trinajstić information content (AvgIpc) is 3.57. The lowest BCUT2D eigenvalue weighted by atomic mass is 9.90. The molecule has 1 saturated heterocycles. The molecule has 1 saturated carbocycles. The highest BCUT2D eigenvalue weighted by atomic mass is 32.1. The molecule has 4 heterocycles. The van der Waals surface area contributed by atoms with Gasteiger partial charge in [-0.05, 0) is 67.3 Å². The number of aryl methyl sites for hydroxylation is 2. The Morgan fingerprint density at radius 1 is 1.11 bits per heavy atom. The second-order valence-corrected chi connectivity index (χ2v) is 11.0. The molecule has 4 atom stereocenters. The monoisotopic (exact) mass is 502 g/mol. The fourth-order valence-corrected chi connectivity index (χ4v) is 6.89. The van der Waals surface area contributed by atoms with Gasteiger partial charge in [-0.15, -0.1) is 5.10 Å². The first-order valence-electron chi connectivity index (χ1n) is 12.4. The summed E-state index contributed by atoms with van der Waals surface area (Å²) in [4.78, 5) is 7.36. The minimum absolute atomic E-state index is 0.0552. The minimum atomic E-state index is -4.19. The van der Waals surface area contributed by atoms with Gasteiger partial charge in [0.2, 0.25) is 5.95 Å². The van der Waals surface area contributed by atoms with E-state index in [1.807, 2.05) is 23.7 Å². The third-order valence-electron chi connectivity index (χ3n) is 7.76. The number of fused-ring (bicyclic) bond motifs is 2. The Labute approximate surface area is 206 Å². The van der Waals surface area contributed by atoms with Crippen LogP contribution < -0.4 is 10.2 Å². The van der Waals surface area contributed by atoms with Gasteiger partial charge in [-0.2, -0.15) is 22.5 Å². The number of benzene rings is 1. The number of rotatable bonds is 5. The van der Waals surface area contributed by atoms with Crippen LogP contribution in [0.3, 0.4) is 0 Å². The van der Waals surface area contributed by atoms with Crippen molar-refractivity contribution in [2.45, 2.75) is 63.7 Å². The molecule has 0 radical (unpaired) electrons. The molecule has 6 rings (SSSR count). The number of nitrogens with zero attached hydrogens (tertiary/aromatic N) is 5. The van der Waals surface area contributed by atoms with Gasteiger partial charge < -0.3 is 10.2 Å². The molecule has 0 spiro atoms. The van der Waals surface area contributed by atoms with Crippen molar-refractivity contribution < 1.29 is 13.2 Å². The summed E-state index contributed by atoms with van der Waals surface area (Å²) in [5.74, 6) is 2.88. The summed E-state index contributed by atoms with van der Waals surface area (Å²) in [6, 6.07) is 9.34. The Bertz CT molecular complexity index is 1190. The van der Waals surface area contributed by atoms with E-state index in [9.17, 15) is 13.2 Å². The summed E-state index contributed by atoms with van der Waals surface area (Å²) < 4.78 is 44.6. The van der Waals surface area contributed by atoms with Crippen LogP contribution in [0.5, 0.6) is 0 Å². The maximum absolute atomic E-state index is 12.7. The van der Waals surface area contributed by atoms with E-state index in [0.717, 1.165) is 56.0 Å². The normalized spacial score (nSPS) is 26.1. The fraction of sp³-hybridized carbons (Fsp3) is 0.560. The van der Waals surface area contributed by atoms with Crippen molar-refractivity contribution in [1.82, 2.24) is 19.1 Å². The highest BCUT2D eigenvalue weighted by Crippen LogP contribution is 2.42. The van der Waals surface area contributed by atoms with Crippen molar-refractivity contribution in [3.63, 3.8) is 0 Å². The topological polar surface area (TPSA) is 58.9 Å². The summed E-state index contributed by atoms with van der Waals surface area (Å²) in [5.41, 5.74) is 2.37. The molecule has 6 nitrogen and oxygen atoms in total. The first-order valence-corrected chi connectivity index (χ1v) is 13.1. The number of halogens is 3. The second-order valence-electron chi connectivity index (χ2n) is 10.2. The quantitative estimate of drug-likeness (QED) is 0.506. The van der Waals surface area contributed by atoms with E-state index in [4.69, 9.17) is 10.1 Å². The Balaban J connectivity index is 1.15. The van der Waals surface area contributed by atoms with Gasteiger partial charge in [0.25, 0.3) is 0 Å². The lowest BCUT2D eigenvalue weighted by Crippen LogP contribution is -2.30. The largest absolute Gasteiger partial charge is 0.393 e. The number of aromatic nitrogens is 4. The van der Waals surface area contributed by atoms with E-state index in [0.29, 0.717) is 23.8 Å². The molecule has 186 valence electrons. The zero-order valence-electron chi connectivity index (χ0n) is 19.6. The summed E-state index contributed by atoms with van der Waals surface area (Å²) in [5, 5.41) is 9.68. The molecule has 35 heavy (non-hydrogen) atoms. The molecule has 3 aliphatic rings. The van der Waals surface area contributed by atoms with Gasteiger partial charge in [-0.3, -0.25) is 0 Å². The molecule has 2 unspecified atom stereocenters. The Hall–Kier alpha value is -2.62. The van der Waals surface area contributed by atoms with E-state index < -0.39 is 12.6 Å². The SMILES string of the molecule is Cc1cc(N2CC3CC[C@@H](Nc4nc5n(n4)CCCC5c4ccc(CC(F)(F)F)cc4)[C@@H]3C2)sn1. The molecule has 2 aliphatic heterocycles. The highest BCUT2D eigenvalue weighted by molar-refractivity contribution is 7.10. The zero-order chi connectivity index (χ0) is 24.2. The lowest BCUT2D eigenvalue weighted by Gasteiger charge is -2.22. The minimum Gasteiger partial charge on any atom is -0.362 e. The van der Waals surface area contributed by atoms with Crippen molar-refractivity contribution >= 4 is 22.5 Å². The van der Waals surface area contributed by atoms with Crippen LogP contribution in [0, 0.1) is 18.8 Å². The summed E-state index contributed by atoms with van der Waals surface area (Å²) in [7, 11) is 0. The molecule has 1 aromatic carbocycles. The van der Waals surface area contributed by atoms with Crippen molar-refractivity contribution in [3.05, 3.63) is 53.0 Å². The molecule has 1 aliphatic carbocycles. The first kappa shape index (κ1) is 22.8. The van der Waals surface area contributed by atoms with Crippen molar-refractivity contribution in [3.8, 4) is 0 Å². The number of anilines is 2. The zero-order valence-corrected chi connectivity index (χ0v) is 20.4. The summed E-state index contributed by atoms with van der Waals surface area (Å²) in [6.45, 7) is 4.98. The van der Waals surface area contributed by atoms with Crippen LogP contribution in [-0.4, -0.2) is 44.4 Å². The van der Waals surface area contributed by atoms with Crippen LogP contribution in [0.4, 0.5) is 24.1 Å². The highest BCUT2D eigenvalue weighted by Gasteiger charge is 2.43. The standard InChI is InChI=1S/C25H29F3N6S/c1-15-11-22(35-32-15)33-13-18-8-9-21(20(18)14-33)29-24-30-23-19(3-2-10-34(23)31-24)17-6-4-16(5-7-17)12-25(26,27)28/h4-7,11,18-21H,2-3,8-10,12-14H2,1H3,(H,29,31)/t18?,19?,20-,21-/m1/s1. The van der Waals surface area contributed by atoms with E-state index >= 15 is 0 Å². The number of nitrogens with one attached hydrogen (secondary N) is 1. The molecule has 2 aromatic heterocycles. The second kappa shape index (κ2) is 8.80. The van der Waals surface area contributed by atoms with Crippen LogP contribution in [0.15, 0.2) is 30.3 Å². The third kappa shape index (κ3) is 4.64. The lowest BCUT2D eigenvalue weighted by molar-refractivity contribution is -0.127. The smallest absolute Gasteiger partial charge is 0.362 e. The Kier molecular flexibility index (Phi) is 5.74. The van der Waals surface area contributed by atoms with Crippen LogP contribution in [0.25, 0.3) is 0 Å². The molecule has 0 bridgehead atoms. The van der Waals surface area contributed by atoms with Crippen LogP contribution in [0.2, 0.25) is 0 Å². The van der Waals surface area contributed by atoms with Crippen molar-refractivity contribution in [2.24, 2.45) is 11.8 Å². The van der Waals surface area contributed by atoms with Gasteiger partial charge in [0.15, 0.2) is 0 Å². The van der Waals surface area contributed by atoms with Gasteiger partial charge in [0.1, 0.15) is 10.8 Å². The van der Waals surface area contributed by atoms with E-state index in [1.165, 1.54) is 11.4 Å². The van der Waals surface area contributed by atoms with E-state index in [-0.39, 0.29) is 11.5 Å². The van der Waals surface area contributed by atoms with Gasteiger partial charge in [0.05, 0.1) is 12.1 Å². The Morgan fingerprint density at radius 2 is 1.94 bits per heavy atom. The summed E-state index contributed by atoms with van der Waals surface area (Å²) in [6.07, 6.45) is -0.861. The number of hydrogen-bond donors (Lipinski definition) is 1. The number of hydrogen-bond acceptors (Lipinski definition) is 6. The molecule has 0 amide bonds. The van der Waals surface area contributed by atoms with Crippen LogP contribution >= 0.6 is 11.5 Å². The van der Waals surface area contributed by atoms with Gasteiger partial charge in [-0.1, -0.05) is 24.3 Å². The maximum atomic E-state index is 12.7. The Morgan fingerprint density at radius 3 is 2.69 bits per heavy atom. The van der Waals surface area contributed by atoms with Gasteiger partial charge >= 0.3 is 6.18 Å². The van der Waals surface area contributed by atoms with Crippen molar-refractivity contribution in [2.75, 3.05) is 23.3 Å². The molecule has 3 aromatic rings. The predicted molar refractivity (Wildman–Crippen MR) is 130 cm³/mol. The van der Waals surface area contributed by atoms with E-state index in [2.05, 4.69) is 20.7 Å². The van der Waals surface area contributed by atoms with Crippen LogP contribution in [0.1, 0.15) is 54.2 Å². The summed E-state index contributed by atoms with van der Waals surface area (Å²) >= 11 is 1.58. The molecule has 2 fully saturated rings. The van der Waals surface area contributed by atoms with Crippen molar-refractivity contribution in [1.29, 1.82) is 0 Å². The molecular formula is C25H29F3N6S. The number of alkyl halides is 3. The maximum Gasteiger partial charge on any atom is 0.393 e. The first-order chi connectivity index (χ1) is 16.8. The molecule has 1 N–H and O–H groups in total. The predicted octanol–water partition coefficient (Wildman–Crippen LogP) is 5.40. The van der Waals surface area contributed by atoms with Gasteiger partial charge in [-0.25, -0.2) is 4.68 Å². The van der Waals surface area contributed by atoms with Crippen LogP contribution in [-0.2, 0) is 13.0 Å². The average molecular weight is 503 g/mol. The van der Waals surface area contributed by atoms with Gasteiger partial charge in [0, 0.05) is 37.5 Å². The molecular weight excluding hydrogens is 473 g/mol. The third-order valence-corrected chi connectivity index (χ3v) is 8.70.